The molecule has 24 heavy (non-hydrogen) atoms. The number of carbonyl (C=O) groups excluding carboxylic acids is 1. The number of hydrogen-bond donors (Lipinski definition) is 1. The number of amides is 1. The van der Waals surface area contributed by atoms with Crippen molar-refractivity contribution in [2.75, 3.05) is 13.1 Å². The molecular weight excluding hydrogens is 321 g/mol. The maximum absolute atomic E-state index is 12.1. The van der Waals surface area contributed by atoms with E-state index in [9.17, 15) is 18.0 Å². The van der Waals surface area contributed by atoms with Crippen molar-refractivity contribution in [3.05, 3.63) is 29.8 Å². The van der Waals surface area contributed by atoms with Crippen LogP contribution in [-0.2, 0) is 11.3 Å². The molecule has 1 aromatic carbocycles. The van der Waals surface area contributed by atoms with Gasteiger partial charge in [-0.1, -0.05) is 12.1 Å². The molecule has 0 aromatic heterocycles. The van der Waals surface area contributed by atoms with Crippen molar-refractivity contribution in [3.63, 3.8) is 0 Å². The normalized spacial score (nSPS) is 20.0. The van der Waals surface area contributed by atoms with Gasteiger partial charge in [-0.3, -0.25) is 9.69 Å². The molecule has 1 heterocycles. The molecule has 0 atom stereocenters. The molecule has 2 fully saturated rings. The van der Waals surface area contributed by atoms with Gasteiger partial charge in [-0.15, -0.1) is 13.2 Å². The average Bonchev–Trinajstić information content (AvgIpc) is 3.32. The van der Waals surface area contributed by atoms with Crippen molar-refractivity contribution in [1.82, 2.24) is 10.2 Å². The van der Waals surface area contributed by atoms with Crippen LogP contribution in [0.25, 0.3) is 0 Å². The first-order chi connectivity index (χ1) is 11.4. The number of likely N-dealkylation sites (tertiary alicyclic amines) is 1. The van der Waals surface area contributed by atoms with Crippen molar-refractivity contribution in [2.24, 2.45) is 5.92 Å². The number of rotatable bonds is 5. The van der Waals surface area contributed by atoms with E-state index in [1.807, 2.05) is 0 Å². The van der Waals surface area contributed by atoms with Crippen LogP contribution in [0.15, 0.2) is 24.3 Å². The van der Waals surface area contributed by atoms with Crippen molar-refractivity contribution in [1.29, 1.82) is 0 Å². The molecule has 3 rings (SSSR count). The van der Waals surface area contributed by atoms with Crippen molar-refractivity contribution in [2.45, 2.75) is 44.6 Å². The Balaban J connectivity index is 1.44. The summed E-state index contributed by atoms with van der Waals surface area (Å²) in [5, 5.41) is 3.05. The summed E-state index contributed by atoms with van der Waals surface area (Å²) in [7, 11) is 0. The summed E-state index contributed by atoms with van der Waals surface area (Å²) in [5.41, 5.74) is 0.936. The minimum atomic E-state index is -4.66. The van der Waals surface area contributed by atoms with Gasteiger partial charge in [0.2, 0.25) is 5.91 Å². The van der Waals surface area contributed by atoms with Gasteiger partial charge in [0, 0.05) is 18.5 Å². The van der Waals surface area contributed by atoms with Gasteiger partial charge in [-0.05, 0) is 56.5 Å². The second-order valence-electron chi connectivity index (χ2n) is 6.53. The molecule has 132 valence electrons. The Kier molecular flexibility index (Phi) is 4.99. The van der Waals surface area contributed by atoms with Gasteiger partial charge in [-0.25, -0.2) is 0 Å². The minimum Gasteiger partial charge on any atom is -0.406 e. The van der Waals surface area contributed by atoms with E-state index in [0.717, 1.165) is 44.3 Å². The molecule has 1 saturated heterocycles. The van der Waals surface area contributed by atoms with Crippen LogP contribution >= 0.6 is 0 Å². The summed E-state index contributed by atoms with van der Waals surface area (Å²) in [6.07, 6.45) is -0.816. The highest BCUT2D eigenvalue weighted by molar-refractivity contribution is 5.79. The van der Waals surface area contributed by atoms with E-state index in [-0.39, 0.29) is 17.6 Å². The van der Waals surface area contributed by atoms with Gasteiger partial charge in [0.05, 0.1) is 0 Å². The third kappa shape index (κ3) is 5.12. The first-order valence-electron chi connectivity index (χ1n) is 8.26. The first-order valence-corrected chi connectivity index (χ1v) is 8.26. The van der Waals surface area contributed by atoms with Gasteiger partial charge in [-0.2, -0.15) is 0 Å². The van der Waals surface area contributed by atoms with E-state index >= 15 is 0 Å². The molecule has 1 amide bonds. The van der Waals surface area contributed by atoms with Gasteiger partial charge >= 0.3 is 6.36 Å². The van der Waals surface area contributed by atoms with E-state index < -0.39 is 6.36 Å². The largest absolute Gasteiger partial charge is 0.573 e. The lowest BCUT2D eigenvalue weighted by atomic mass is 9.95. The lowest BCUT2D eigenvalue weighted by molar-refractivity contribution is -0.274. The molecule has 1 aliphatic heterocycles. The number of piperidine rings is 1. The second kappa shape index (κ2) is 7.01. The number of halogens is 3. The Morgan fingerprint density at radius 2 is 1.75 bits per heavy atom. The SMILES string of the molecule is O=C(NC1CC1)C1CCN(Cc2ccc(OC(F)(F)F)cc2)CC1. The lowest BCUT2D eigenvalue weighted by Crippen LogP contribution is -2.40. The van der Waals surface area contributed by atoms with Crippen molar-refractivity contribution in [3.8, 4) is 5.75 Å². The van der Waals surface area contributed by atoms with Crippen LogP contribution in [-0.4, -0.2) is 36.3 Å². The van der Waals surface area contributed by atoms with Crippen molar-refractivity contribution < 1.29 is 22.7 Å². The molecule has 0 radical (unpaired) electrons. The third-order valence-corrected chi connectivity index (χ3v) is 4.45. The van der Waals surface area contributed by atoms with E-state index in [1.165, 1.54) is 12.1 Å². The monoisotopic (exact) mass is 342 g/mol. The second-order valence-corrected chi connectivity index (χ2v) is 6.53. The molecule has 0 bridgehead atoms. The molecule has 1 N–H and O–H groups in total. The molecule has 0 spiro atoms. The predicted octanol–water partition coefficient (Wildman–Crippen LogP) is 3.08. The third-order valence-electron chi connectivity index (χ3n) is 4.45. The standard InChI is InChI=1S/C17H21F3N2O2/c18-17(19,20)24-15-5-1-12(2-6-15)11-22-9-7-13(8-10-22)16(23)21-14-3-4-14/h1-2,5-6,13-14H,3-4,7-11H2,(H,21,23). The first kappa shape index (κ1) is 17.1. The molecule has 0 unspecified atom stereocenters. The highest BCUT2D eigenvalue weighted by Crippen LogP contribution is 2.25. The zero-order chi connectivity index (χ0) is 17.2. The number of nitrogens with zero attached hydrogens (tertiary/aromatic N) is 1. The Labute approximate surface area is 139 Å². The number of nitrogens with one attached hydrogen (secondary N) is 1. The Morgan fingerprint density at radius 1 is 1.12 bits per heavy atom. The van der Waals surface area contributed by atoms with Crippen LogP contribution < -0.4 is 10.1 Å². The number of benzene rings is 1. The molecule has 1 aliphatic carbocycles. The Hall–Kier alpha value is -1.76. The van der Waals surface area contributed by atoms with Crippen LogP contribution in [0.5, 0.6) is 5.75 Å². The van der Waals surface area contributed by atoms with Gasteiger partial charge in [0.25, 0.3) is 0 Å². The topological polar surface area (TPSA) is 41.6 Å². The molecular formula is C17H21F3N2O2. The van der Waals surface area contributed by atoms with Gasteiger partial charge in [0.1, 0.15) is 5.75 Å². The Bertz CT molecular complexity index is 562. The summed E-state index contributed by atoms with van der Waals surface area (Å²) in [6, 6.07) is 6.35. The summed E-state index contributed by atoms with van der Waals surface area (Å²) in [4.78, 5) is 14.3. The molecule has 7 heteroatoms. The van der Waals surface area contributed by atoms with Gasteiger partial charge < -0.3 is 10.1 Å². The van der Waals surface area contributed by atoms with E-state index in [1.54, 1.807) is 12.1 Å². The maximum Gasteiger partial charge on any atom is 0.573 e. The van der Waals surface area contributed by atoms with Gasteiger partial charge in [0.15, 0.2) is 0 Å². The summed E-state index contributed by atoms with van der Waals surface area (Å²) < 4.78 is 40.3. The summed E-state index contributed by atoms with van der Waals surface area (Å²) in [6.45, 7) is 2.32. The van der Waals surface area contributed by atoms with E-state index in [0.29, 0.717) is 12.6 Å². The fourth-order valence-electron chi connectivity index (χ4n) is 2.95. The number of hydrogen-bond acceptors (Lipinski definition) is 3. The zero-order valence-electron chi connectivity index (χ0n) is 13.3. The average molecular weight is 342 g/mol. The van der Waals surface area contributed by atoms with E-state index in [4.69, 9.17) is 0 Å². The van der Waals surface area contributed by atoms with Crippen molar-refractivity contribution >= 4 is 5.91 Å². The van der Waals surface area contributed by atoms with E-state index in [2.05, 4.69) is 15.0 Å². The molecule has 1 saturated carbocycles. The van der Waals surface area contributed by atoms with Crippen LogP contribution in [0.4, 0.5) is 13.2 Å². The lowest BCUT2D eigenvalue weighted by Gasteiger charge is -2.31. The minimum absolute atomic E-state index is 0.0874. The highest BCUT2D eigenvalue weighted by Gasteiger charge is 2.31. The zero-order valence-corrected chi connectivity index (χ0v) is 13.3. The predicted molar refractivity (Wildman–Crippen MR) is 82.3 cm³/mol. The molecule has 1 aromatic rings. The summed E-state index contributed by atoms with van der Waals surface area (Å²) in [5.74, 6) is 0.0527. The number of alkyl halides is 3. The van der Waals surface area contributed by atoms with Crippen LogP contribution in [0.1, 0.15) is 31.2 Å². The fourth-order valence-corrected chi connectivity index (χ4v) is 2.95. The van der Waals surface area contributed by atoms with Crippen LogP contribution in [0.2, 0.25) is 0 Å². The van der Waals surface area contributed by atoms with Crippen LogP contribution in [0, 0.1) is 5.92 Å². The quantitative estimate of drug-likeness (QED) is 0.894. The molecule has 4 nitrogen and oxygen atoms in total. The maximum atomic E-state index is 12.1. The number of carbonyl (C=O) groups is 1. The summed E-state index contributed by atoms with van der Waals surface area (Å²) >= 11 is 0. The number of ether oxygens (including phenoxy) is 1. The highest BCUT2D eigenvalue weighted by atomic mass is 19.4. The van der Waals surface area contributed by atoms with Crippen LogP contribution in [0.3, 0.4) is 0 Å². The fraction of sp³-hybridized carbons (Fsp3) is 0.588. The Morgan fingerprint density at radius 3 is 2.29 bits per heavy atom. The molecule has 2 aliphatic rings. The smallest absolute Gasteiger partial charge is 0.406 e.